The summed E-state index contributed by atoms with van der Waals surface area (Å²) in [6.07, 6.45) is 0. The lowest BCUT2D eigenvalue weighted by atomic mass is 10.0. The van der Waals surface area contributed by atoms with E-state index >= 15 is 0 Å². The lowest BCUT2D eigenvalue weighted by Gasteiger charge is -2.23. The van der Waals surface area contributed by atoms with Crippen molar-refractivity contribution in [1.29, 1.82) is 0 Å². The van der Waals surface area contributed by atoms with Crippen molar-refractivity contribution in [3.05, 3.63) is 90.5 Å². The molecule has 0 atom stereocenters. The number of hydrogen-bond acceptors (Lipinski definition) is 6. The monoisotopic (exact) mass is 617 g/mol. The summed E-state index contributed by atoms with van der Waals surface area (Å²) in [6, 6.07) is 24.8. The molecule has 0 radical (unpaired) electrons. The molecule has 4 aromatic carbocycles. The van der Waals surface area contributed by atoms with E-state index in [1.54, 1.807) is 18.2 Å². The van der Waals surface area contributed by atoms with Crippen molar-refractivity contribution >= 4 is 85.4 Å². The number of aromatic nitrogens is 1. The zero-order valence-electron chi connectivity index (χ0n) is 23.2. The lowest BCUT2D eigenvalue weighted by Crippen LogP contribution is -2.27. The van der Waals surface area contributed by atoms with E-state index in [1.165, 1.54) is 13.2 Å². The van der Waals surface area contributed by atoms with Gasteiger partial charge in [-0.1, -0.05) is 30.3 Å². The summed E-state index contributed by atoms with van der Waals surface area (Å²) in [6.45, 7) is 1.33. The van der Waals surface area contributed by atoms with Gasteiger partial charge in [-0.3, -0.25) is 0 Å². The van der Waals surface area contributed by atoms with Crippen LogP contribution in [0, 0.1) is 0 Å². The summed E-state index contributed by atoms with van der Waals surface area (Å²) >= 11 is 11.8. The molecule has 1 heterocycles. The van der Waals surface area contributed by atoms with Crippen molar-refractivity contribution in [2.24, 2.45) is 0 Å². The number of ether oxygens (including phenoxy) is 1. The summed E-state index contributed by atoms with van der Waals surface area (Å²) in [5.41, 5.74) is 4.48. The molecule has 9 nitrogen and oxygen atoms in total. The molecule has 11 heteroatoms. The van der Waals surface area contributed by atoms with Crippen molar-refractivity contribution in [3.63, 3.8) is 0 Å². The van der Waals surface area contributed by atoms with Crippen LogP contribution >= 0.6 is 23.2 Å². The van der Waals surface area contributed by atoms with Crippen molar-refractivity contribution in [3.8, 4) is 5.75 Å². The topological polar surface area (TPSA) is 116 Å². The number of rotatable bonds is 11. The van der Waals surface area contributed by atoms with Gasteiger partial charge in [-0.2, -0.15) is 0 Å². The van der Waals surface area contributed by atoms with E-state index in [-0.39, 0.29) is 5.56 Å². The average Bonchev–Trinajstić information content (AvgIpc) is 3.01. The number of carboxylic acid groups (broad SMARTS) is 1. The molecule has 0 spiro atoms. The highest BCUT2D eigenvalue weighted by Crippen LogP contribution is 2.36. The molecular formula is C32H29Cl2N5O4. The van der Waals surface area contributed by atoms with Crippen LogP contribution in [0.5, 0.6) is 5.75 Å². The number of hydrogen-bond donors (Lipinski definition) is 4. The molecule has 0 aliphatic rings. The van der Waals surface area contributed by atoms with Gasteiger partial charge < -0.3 is 30.7 Å². The number of anilines is 5. The van der Waals surface area contributed by atoms with Gasteiger partial charge in [0.1, 0.15) is 5.75 Å². The third kappa shape index (κ3) is 6.69. The number of amides is 2. The number of aromatic carboxylic acids is 1. The predicted octanol–water partition coefficient (Wildman–Crippen LogP) is 7.77. The zero-order valence-corrected chi connectivity index (χ0v) is 24.7. The van der Waals surface area contributed by atoms with Gasteiger partial charge >= 0.3 is 12.0 Å². The Morgan fingerprint density at radius 3 is 2.26 bits per heavy atom. The number of fused-ring (bicyclic) bond motifs is 2. The van der Waals surface area contributed by atoms with Crippen LogP contribution in [0.4, 0.5) is 33.2 Å². The quantitative estimate of drug-likeness (QED) is 0.0883. The summed E-state index contributed by atoms with van der Waals surface area (Å²) in [5.74, 6) is 0.364. The molecule has 0 saturated heterocycles. The maximum atomic E-state index is 13.0. The van der Waals surface area contributed by atoms with Gasteiger partial charge in [-0.25, -0.2) is 14.6 Å². The number of pyridine rings is 1. The largest absolute Gasteiger partial charge is 0.495 e. The second-order valence-electron chi connectivity index (χ2n) is 9.54. The second-order valence-corrected chi connectivity index (χ2v) is 10.3. The van der Waals surface area contributed by atoms with Crippen molar-refractivity contribution in [2.75, 3.05) is 52.8 Å². The van der Waals surface area contributed by atoms with Gasteiger partial charge in [0.05, 0.1) is 35.1 Å². The third-order valence-corrected chi connectivity index (χ3v) is 7.20. The van der Waals surface area contributed by atoms with Gasteiger partial charge in [-0.15, -0.1) is 23.2 Å². The minimum Gasteiger partial charge on any atom is -0.495 e. The van der Waals surface area contributed by atoms with Crippen molar-refractivity contribution in [2.45, 2.75) is 0 Å². The molecule has 0 fully saturated rings. The van der Waals surface area contributed by atoms with Crippen molar-refractivity contribution in [1.82, 2.24) is 4.98 Å². The summed E-state index contributed by atoms with van der Waals surface area (Å²) < 4.78 is 5.50. The first-order valence-electron chi connectivity index (χ1n) is 13.5. The van der Waals surface area contributed by atoms with Crippen LogP contribution in [0.1, 0.15) is 10.4 Å². The van der Waals surface area contributed by atoms with Gasteiger partial charge in [-0.05, 0) is 54.6 Å². The number of halogens is 2. The molecule has 0 unspecified atom stereocenters. The van der Waals surface area contributed by atoms with Crippen LogP contribution < -0.4 is 25.6 Å². The standard InChI is InChI=1S/C32H29Cl2N5O4/c1-43-28-14-11-21(19-27(28)38-32(42)36-20-9-12-22(13-10-20)39(17-15-33)18-16-34)35-29-23-5-2-3-8-26(23)37-30-24(29)6-4-7-25(30)31(40)41/h2-14,19H,15-18H2,1H3,(H,35,37)(H,40,41)(H2,36,38,42). The number of urea groups is 1. The molecule has 1 aromatic heterocycles. The van der Waals surface area contributed by atoms with E-state index in [0.29, 0.717) is 69.8 Å². The normalized spacial score (nSPS) is 10.9. The number of alkyl halides is 2. The third-order valence-electron chi connectivity index (χ3n) is 6.86. The maximum Gasteiger partial charge on any atom is 0.337 e. The zero-order chi connectivity index (χ0) is 30.3. The fourth-order valence-electron chi connectivity index (χ4n) is 4.86. The maximum absolute atomic E-state index is 13.0. The van der Waals surface area contributed by atoms with E-state index in [4.69, 9.17) is 27.9 Å². The highest BCUT2D eigenvalue weighted by molar-refractivity contribution is 6.18. The fourth-order valence-corrected chi connectivity index (χ4v) is 5.27. The first-order chi connectivity index (χ1) is 20.9. The van der Waals surface area contributed by atoms with Crippen LogP contribution in [0.2, 0.25) is 0 Å². The number of carbonyl (C=O) groups excluding carboxylic acids is 1. The van der Waals surface area contributed by atoms with E-state index in [2.05, 4.69) is 25.8 Å². The first kappa shape index (κ1) is 29.8. The van der Waals surface area contributed by atoms with Crippen LogP contribution in [-0.2, 0) is 0 Å². The molecular weight excluding hydrogens is 589 g/mol. The van der Waals surface area contributed by atoms with Crippen LogP contribution in [0.25, 0.3) is 21.8 Å². The molecule has 0 aliphatic heterocycles. The Morgan fingerprint density at radius 2 is 1.56 bits per heavy atom. The molecule has 0 aliphatic carbocycles. The highest BCUT2D eigenvalue weighted by atomic mass is 35.5. The number of nitrogens with one attached hydrogen (secondary N) is 3. The Balaban J connectivity index is 1.41. The van der Waals surface area contributed by atoms with Gasteiger partial charge in [0.2, 0.25) is 0 Å². The Bertz CT molecular complexity index is 1780. The number of benzene rings is 4. The van der Waals surface area contributed by atoms with Crippen LogP contribution in [0.15, 0.2) is 84.9 Å². The molecule has 4 N–H and O–H groups in total. The van der Waals surface area contributed by atoms with Gasteiger partial charge in [0, 0.05) is 52.7 Å². The minimum atomic E-state index is -1.06. The first-order valence-corrected chi connectivity index (χ1v) is 14.5. The molecule has 0 saturated carbocycles. The van der Waals surface area contributed by atoms with Gasteiger partial charge in [0.25, 0.3) is 0 Å². The lowest BCUT2D eigenvalue weighted by molar-refractivity contribution is 0.0699. The number of carbonyl (C=O) groups is 2. The Kier molecular flexibility index (Phi) is 9.34. The average molecular weight is 619 g/mol. The Morgan fingerprint density at radius 1 is 0.860 bits per heavy atom. The predicted molar refractivity (Wildman–Crippen MR) is 175 cm³/mol. The second kappa shape index (κ2) is 13.5. The number of carboxylic acids is 1. The number of para-hydroxylation sites is 2. The van der Waals surface area contributed by atoms with Gasteiger partial charge in [0.15, 0.2) is 0 Å². The molecule has 43 heavy (non-hydrogen) atoms. The summed E-state index contributed by atoms with van der Waals surface area (Å²) in [7, 11) is 1.52. The number of methoxy groups -OCH3 is 1. The van der Waals surface area contributed by atoms with Crippen LogP contribution in [0.3, 0.4) is 0 Å². The van der Waals surface area contributed by atoms with E-state index in [0.717, 1.165) is 11.1 Å². The smallest absolute Gasteiger partial charge is 0.337 e. The Labute approximate surface area is 258 Å². The van der Waals surface area contributed by atoms with E-state index < -0.39 is 12.0 Å². The van der Waals surface area contributed by atoms with E-state index in [1.807, 2.05) is 60.7 Å². The number of nitrogens with zero attached hydrogens (tertiary/aromatic N) is 2. The molecule has 220 valence electrons. The van der Waals surface area contributed by atoms with Crippen LogP contribution in [-0.4, -0.2) is 54.1 Å². The Hall–Kier alpha value is -4.73. The van der Waals surface area contributed by atoms with E-state index in [9.17, 15) is 14.7 Å². The highest BCUT2D eigenvalue weighted by Gasteiger charge is 2.17. The van der Waals surface area contributed by atoms with Crippen molar-refractivity contribution < 1.29 is 19.4 Å². The molecule has 2 amide bonds. The molecule has 5 aromatic rings. The molecule has 5 rings (SSSR count). The SMILES string of the molecule is COc1ccc(Nc2c3ccccc3nc3c(C(=O)O)cccc23)cc1NC(=O)Nc1ccc(N(CCCl)CCCl)cc1. The minimum absolute atomic E-state index is 0.110. The fraction of sp³-hybridized carbons (Fsp3) is 0.156. The summed E-state index contributed by atoms with van der Waals surface area (Å²) in [5, 5.41) is 20.4. The summed E-state index contributed by atoms with van der Waals surface area (Å²) in [4.78, 5) is 31.6. The molecule has 0 bridgehead atoms.